The summed E-state index contributed by atoms with van der Waals surface area (Å²) in [6, 6.07) is 4.76. The van der Waals surface area contributed by atoms with Gasteiger partial charge in [0.15, 0.2) is 5.96 Å². The van der Waals surface area contributed by atoms with Gasteiger partial charge in [0.2, 0.25) is 5.91 Å². The smallest absolute Gasteiger partial charge is 0.379 e. The molecule has 10 heteroatoms. The number of morpholine rings is 1. The molecule has 0 saturated carbocycles. The van der Waals surface area contributed by atoms with Crippen LogP contribution in [0.25, 0.3) is 0 Å². The van der Waals surface area contributed by atoms with E-state index in [9.17, 15) is 18.0 Å². The highest BCUT2D eigenvalue weighted by Gasteiger charge is 2.30. The Labute approximate surface area is 181 Å². The number of hydrogen-bond acceptors (Lipinski definition) is 4. The molecule has 0 bridgehead atoms. The van der Waals surface area contributed by atoms with Crippen molar-refractivity contribution in [1.82, 2.24) is 20.4 Å². The number of ether oxygens (including phenoxy) is 1. The summed E-state index contributed by atoms with van der Waals surface area (Å²) in [6.07, 6.45) is -3.54. The van der Waals surface area contributed by atoms with Crippen molar-refractivity contribution in [2.75, 3.05) is 60.0 Å². The number of carbonyl (C=O) groups is 1. The van der Waals surface area contributed by atoms with Crippen LogP contribution in [0.5, 0.6) is 0 Å². The third kappa shape index (κ3) is 8.74. The van der Waals surface area contributed by atoms with Gasteiger partial charge in [0.25, 0.3) is 0 Å². The van der Waals surface area contributed by atoms with Gasteiger partial charge in [-0.2, -0.15) is 13.2 Å². The molecule has 0 spiro atoms. The number of amides is 1. The zero-order valence-corrected chi connectivity index (χ0v) is 18.3. The van der Waals surface area contributed by atoms with Crippen LogP contribution < -0.4 is 10.6 Å². The van der Waals surface area contributed by atoms with E-state index in [0.717, 1.165) is 51.4 Å². The normalized spacial score (nSPS) is 16.6. The summed E-state index contributed by atoms with van der Waals surface area (Å²) in [4.78, 5) is 20.0. The first-order chi connectivity index (χ1) is 14.7. The largest absolute Gasteiger partial charge is 0.416 e. The number of alkyl halides is 3. The van der Waals surface area contributed by atoms with Crippen molar-refractivity contribution in [3.05, 3.63) is 35.4 Å². The van der Waals surface area contributed by atoms with Crippen LogP contribution in [0.4, 0.5) is 13.2 Å². The molecule has 1 aromatic carbocycles. The van der Waals surface area contributed by atoms with Crippen molar-refractivity contribution < 1.29 is 22.7 Å². The Morgan fingerprint density at radius 2 is 2.00 bits per heavy atom. The van der Waals surface area contributed by atoms with Crippen LogP contribution in [0.15, 0.2) is 29.3 Å². The zero-order valence-electron chi connectivity index (χ0n) is 18.3. The first kappa shape index (κ1) is 24.9. The summed E-state index contributed by atoms with van der Waals surface area (Å²) in [6.45, 7) is 6.52. The topological polar surface area (TPSA) is 69.2 Å². The summed E-state index contributed by atoms with van der Waals surface area (Å²) >= 11 is 0. The number of rotatable bonds is 8. The summed E-state index contributed by atoms with van der Waals surface area (Å²) in [5.74, 6) is 0.225. The minimum Gasteiger partial charge on any atom is -0.379 e. The van der Waals surface area contributed by atoms with E-state index in [2.05, 4.69) is 20.5 Å². The minimum atomic E-state index is -4.40. The van der Waals surface area contributed by atoms with Crippen molar-refractivity contribution >= 4 is 11.9 Å². The van der Waals surface area contributed by atoms with Crippen LogP contribution in [0.1, 0.15) is 30.5 Å². The molecule has 2 rings (SSSR count). The van der Waals surface area contributed by atoms with Crippen LogP contribution in [0.2, 0.25) is 0 Å². The second kappa shape index (κ2) is 11.9. The molecule has 1 heterocycles. The molecule has 174 valence electrons. The first-order valence-electron chi connectivity index (χ1n) is 10.4. The van der Waals surface area contributed by atoms with E-state index < -0.39 is 17.8 Å². The number of carbonyl (C=O) groups excluding carboxylic acids is 1. The van der Waals surface area contributed by atoms with Crippen LogP contribution in [0.3, 0.4) is 0 Å². The number of nitrogens with one attached hydrogen (secondary N) is 2. The molecule has 1 aliphatic rings. The number of halogens is 3. The third-order valence-corrected chi connectivity index (χ3v) is 4.99. The number of nitrogens with zero attached hydrogens (tertiary/aromatic N) is 3. The van der Waals surface area contributed by atoms with Crippen molar-refractivity contribution in [2.45, 2.75) is 25.6 Å². The molecular formula is C21H32F3N5O2. The van der Waals surface area contributed by atoms with Crippen LogP contribution in [0, 0.1) is 0 Å². The molecule has 0 aromatic heterocycles. The molecule has 1 saturated heterocycles. The fraction of sp³-hybridized carbons (Fsp3) is 0.619. The highest BCUT2D eigenvalue weighted by molar-refractivity contribution is 5.85. The number of guanidine groups is 1. The molecule has 1 unspecified atom stereocenters. The van der Waals surface area contributed by atoms with Gasteiger partial charge in [0.1, 0.15) is 6.54 Å². The minimum absolute atomic E-state index is 0.0545. The third-order valence-electron chi connectivity index (χ3n) is 4.99. The van der Waals surface area contributed by atoms with Gasteiger partial charge in [-0.15, -0.1) is 0 Å². The Balaban J connectivity index is 1.98. The van der Waals surface area contributed by atoms with Crippen molar-refractivity contribution in [1.29, 1.82) is 0 Å². The first-order valence-corrected chi connectivity index (χ1v) is 10.4. The lowest BCUT2D eigenvalue weighted by molar-refractivity contribution is -0.137. The Bertz CT molecular complexity index is 734. The van der Waals surface area contributed by atoms with E-state index in [1.807, 2.05) is 0 Å². The molecule has 1 atom stereocenters. The zero-order chi connectivity index (χ0) is 22.9. The van der Waals surface area contributed by atoms with E-state index in [1.54, 1.807) is 27.1 Å². The van der Waals surface area contributed by atoms with Crippen LogP contribution in [-0.2, 0) is 15.7 Å². The summed E-state index contributed by atoms with van der Waals surface area (Å²) in [7, 11) is 3.29. The average molecular weight is 444 g/mol. The SMILES string of the molecule is CC(NC(=NCC(=O)N(C)C)NCCCN1CCOCC1)c1cccc(C(F)(F)F)c1. The highest BCUT2D eigenvalue weighted by atomic mass is 19.4. The maximum atomic E-state index is 13.0. The molecule has 0 aliphatic carbocycles. The maximum Gasteiger partial charge on any atom is 0.416 e. The van der Waals surface area contributed by atoms with Crippen molar-refractivity contribution in [3.63, 3.8) is 0 Å². The standard InChI is InChI=1S/C21H32F3N5O2/c1-16(17-6-4-7-18(14-17)21(22,23)24)27-20(26-15-19(30)28(2)3)25-8-5-9-29-10-12-31-13-11-29/h4,6-7,14,16H,5,8-13,15H2,1-3H3,(H2,25,26,27). The van der Waals surface area contributed by atoms with Gasteiger partial charge in [0, 0.05) is 33.7 Å². The summed E-state index contributed by atoms with van der Waals surface area (Å²) in [5, 5.41) is 6.30. The van der Waals surface area contributed by atoms with Gasteiger partial charge in [0.05, 0.1) is 24.8 Å². The molecule has 0 radical (unpaired) electrons. The Morgan fingerprint density at radius 3 is 2.65 bits per heavy atom. The van der Waals surface area contributed by atoms with E-state index in [1.165, 1.54) is 11.0 Å². The number of aliphatic imine (C=N–C) groups is 1. The van der Waals surface area contributed by atoms with E-state index in [-0.39, 0.29) is 12.5 Å². The molecule has 31 heavy (non-hydrogen) atoms. The lowest BCUT2D eigenvalue weighted by Gasteiger charge is -2.26. The second-order valence-electron chi connectivity index (χ2n) is 7.68. The fourth-order valence-corrected chi connectivity index (χ4v) is 3.05. The van der Waals surface area contributed by atoms with Crippen LogP contribution in [-0.4, -0.2) is 81.7 Å². The molecule has 7 nitrogen and oxygen atoms in total. The fourth-order valence-electron chi connectivity index (χ4n) is 3.05. The van der Waals surface area contributed by atoms with Crippen molar-refractivity contribution in [3.8, 4) is 0 Å². The molecular weight excluding hydrogens is 411 g/mol. The summed E-state index contributed by atoms with van der Waals surface area (Å²) in [5.41, 5.74) is -0.213. The van der Waals surface area contributed by atoms with Crippen LogP contribution >= 0.6 is 0 Å². The molecule has 1 amide bonds. The van der Waals surface area contributed by atoms with Crippen molar-refractivity contribution in [2.24, 2.45) is 4.99 Å². The lowest BCUT2D eigenvalue weighted by atomic mass is 10.1. The molecule has 1 fully saturated rings. The van der Waals surface area contributed by atoms with Gasteiger partial charge < -0.3 is 20.3 Å². The number of benzene rings is 1. The van der Waals surface area contributed by atoms with E-state index >= 15 is 0 Å². The lowest BCUT2D eigenvalue weighted by Crippen LogP contribution is -2.42. The van der Waals surface area contributed by atoms with E-state index in [0.29, 0.717) is 18.1 Å². The monoisotopic (exact) mass is 443 g/mol. The second-order valence-corrected chi connectivity index (χ2v) is 7.68. The highest BCUT2D eigenvalue weighted by Crippen LogP contribution is 2.30. The predicted molar refractivity (Wildman–Crippen MR) is 114 cm³/mol. The Morgan fingerprint density at radius 1 is 1.29 bits per heavy atom. The quantitative estimate of drug-likeness (QED) is 0.366. The molecule has 1 aromatic rings. The Hall–Kier alpha value is -2.33. The number of likely N-dealkylation sites (N-methyl/N-ethyl adjacent to an activating group) is 1. The molecule has 1 aliphatic heterocycles. The van der Waals surface area contributed by atoms with Gasteiger partial charge >= 0.3 is 6.18 Å². The summed E-state index contributed by atoms with van der Waals surface area (Å²) < 4.78 is 44.4. The van der Waals surface area contributed by atoms with Gasteiger partial charge in [-0.3, -0.25) is 9.69 Å². The predicted octanol–water partition coefficient (Wildman–Crippen LogP) is 2.11. The van der Waals surface area contributed by atoms with E-state index in [4.69, 9.17) is 4.74 Å². The Kier molecular flexibility index (Phi) is 9.57. The van der Waals surface area contributed by atoms with Gasteiger partial charge in [-0.05, 0) is 37.6 Å². The number of hydrogen-bond donors (Lipinski definition) is 2. The molecule has 2 N–H and O–H groups in total. The van der Waals surface area contributed by atoms with Gasteiger partial charge in [-0.1, -0.05) is 12.1 Å². The average Bonchev–Trinajstić information content (AvgIpc) is 2.74. The van der Waals surface area contributed by atoms with Gasteiger partial charge in [-0.25, -0.2) is 4.99 Å². The maximum absolute atomic E-state index is 13.0.